The predicted molar refractivity (Wildman–Crippen MR) is 160 cm³/mol. The molecule has 4 heterocycles. The summed E-state index contributed by atoms with van der Waals surface area (Å²) in [6.07, 6.45) is 5.14. The number of nitrogens with one attached hydrogen (secondary N) is 1. The van der Waals surface area contributed by atoms with E-state index in [-0.39, 0.29) is 12.5 Å². The highest BCUT2D eigenvalue weighted by atomic mass is 32.1. The third kappa shape index (κ3) is 5.92. The van der Waals surface area contributed by atoms with E-state index in [1.54, 1.807) is 57.1 Å². The van der Waals surface area contributed by atoms with Crippen LogP contribution in [0.15, 0.2) is 83.1 Å². The average molecular weight is 596 g/mol. The number of anilines is 1. The van der Waals surface area contributed by atoms with Gasteiger partial charge in [-0.1, -0.05) is 22.5 Å². The summed E-state index contributed by atoms with van der Waals surface area (Å²) >= 11 is 1.48. The van der Waals surface area contributed by atoms with E-state index in [0.717, 1.165) is 21.8 Å². The molecule has 6 rings (SSSR count). The van der Waals surface area contributed by atoms with Crippen molar-refractivity contribution in [1.29, 1.82) is 0 Å². The van der Waals surface area contributed by atoms with Gasteiger partial charge in [0.1, 0.15) is 17.9 Å². The summed E-state index contributed by atoms with van der Waals surface area (Å²) in [6.45, 7) is -0.0267. The molecular weight excluding hydrogens is 570 g/mol. The second kappa shape index (κ2) is 12.1. The van der Waals surface area contributed by atoms with Gasteiger partial charge >= 0.3 is 0 Å². The smallest absolute Gasteiger partial charge is 0.246 e. The quantitative estimate of drug-likeness (QED) is 0.217. The maximum absolute atomic E-state index is 12.7. The molecule has 2 aromatic carbocycles. The van der Waals surface area contributed by atoms with Crippen LogP contribution in [0, 0.1) is 0 Å². The van der Waals surface area contributed by atoms with E-state index in [2.05, 4.69) is 30.8 Å². The van der Waals surface area contributed by atoms with Gasteiger partial charge in [-0.25, -0.2) is 9.67 Å². The molecule has 0 spiro atoms. The first-order valence-electron chi connectivity index (χ1n) is 13.0. The summed E-state index contributed by atoms with van der Waals surface area (Å²) in [5.41, 5.74) is 5.22. The van der Waals surface area contributed by atoms with Gasteiger partial charge in [0.25, 0.3) is 0 Å². The second-order valence-corrected chi connectivity index (χ2v) is 10.0. The van der Waals surface area contributed by atoms with Crippen LogP contribution in [0.2, 0.25) is 0 Å². The van der Waals surface area contributed by atoms with Gasteiger partial charge in [0.2, 0.25) is 11.7 Å². The zero-order chi connectivity index (χ0) is 29.8. The molecule has 0 fully saturated rings. The second-order valence-electron chi connectivity index (χ2n) is 9.19. The third-order valence-corrected chi connectivity index (χ3v) is 7.33. The van der Waals surface area contributed by atoms with Crippen LogP contribution in [0.3, 0.4) is 0 Å². The van der Waals surface area contributed by atoms with E-state index in [4.69, 9.17) is 18.7 Å². The minimum atomic E-state index is -0.258. The molecule has 6 aromatic rings. The van der Waals surface area contributed by atoms with Crippen molar-refractivity contribution in [2.24, 2.45) is 0 Å². The summed E-state index contributed by atoms with van der Waals surface area (Å²) in [5.74, 6) is 1.79. The summed E-state index contributed by atoms with van der Waals surface area (Å²) in [7, 11) is 4.62. The number of methoxy groups -OCH3 is 3. The van der Waals surface area contributed by atoms with Crippen molar-refractivity contribution < 1.29 is 23.5 Å². The molecule has 0 atom stereocenters. The van der Waals surface area contributed by atoms with Crippen LogP contribution < -0.4 is 19.5 Å². The van der Waals surface area contributed by atoms with E-state index < -0.39 is 0 Å². The fourth-order valence-electron chi connectivity index (χ4n) is 4.36. The monoisotopic (exact) mass is 595 g/mol. The molecule has 1 amide bonds. The fourth-order valence-corrected chi connectivity index (χ4v) is 5.14. The number of ether oxygens (including phenoxy) is 3. The Morgan fingerprint density at radius 3 is 2.30 bits per heavy atom. The summed E-state index contributed by atoms with van der Waals surface area (Å²) in [4.78, 5) is 21.4. The number of nitrogens with zero attached hydrogens (tertiary/aromatic N) is 6. The average Bonchev–Trinajstić information content (AvgIpc) is 3.82. The van der Waals surface area contributed by atoms with Crippen molar-refractivity contribution in [3.8, 4) is 61.8 Å². The Labute approximate surface area is 249 Å². The lowest BCUT2D eigenvalue weighted by Crippen LogP contribution is -2.19. The number of carbonyl (C=O) groups is 1. The number of hydrogen-bond donors (Lipinski definition) is 1. The van der Waals surface area contributed by atoms with Crippen molar-refractivity contribution in [3.05, 3.63) is 78.6 Å². The van der Waals surface area contributed by atoms with E-state index in [1.165, 1.54) is 23.1 Å². The molecular formula is C30H25N7O5S. The fraction of sp³-hybridized carbons (Fsp3) is 0.133. The molecule has 0 saturated carbocycles. The normalized spacial score (nSPS) is 10.9. The molecule has 0 radical (unpaired) electrons. The summed E-state index contributed by atoms with van der Waals surface area (Å²) in [5, 5.41) is 18.1. The minimum Gasteiger partial charge on any atom is -0.493 e. The van der Waals surface area contributed by atoms with E-state index >= 15 is 0 Å². The SMILES string of the molecule is COc1cc(-c2cn(CC(=O)Nc3ccc(-c4cc(-c5nc(-c6ccncc6)cs5)on4)cc3)nn2)cc(OC)c1OC. The Kier molecular flexibility index (Phi) is 7.78. The molecule has 0 aliphatic heterocycles. The lowest BCUT2D eigenvalue weighted by Gasteiger charge is -2.13. The Balaban J connectivity index is 1.09. The van der Waals surface area contributed by atoms with Crippen molar-refractivity contribution in [2.75, 3.05) is 26.6 Å². The Hall–Kier alpha value is -5.56. The van der Waals surface area contributed by atoms with Crippen LogP contribution in [0.4, 0.5) is 5.69 Å². The van der Waals surface area contributed by atoms with Gasteiger partial charge in [0.15, 0.2) is 22.3 Å². The van der Waals surface area contributed by atoms with Crippen LogP contribution >= 0.6 is 11.3 Å². The lowest BCUT2D eigenvalue weighted by atomic mass is 10.1. The zero-order valence-corrected chi connectivity index (χ0v) is 24.2. The number of rotatable bonds is 10. The number of carbonyl (C=O) groups excluding carboxylic acids is 1. The number of aromatic nitrogens is 6. The Morgan fingerprint density at radius 2 is 1.60 bits per heavy atom. The molecule has 13 heteroatoms. The third-order valence-electron chi connectivity index (χ3n) is 6.47. The van der Waals surface area contributed by atoms with Crippen molar-refractivity contribution in [2.45, 2.75) is 6.54 Å². The molecule has 1 N–H and O–H groups in total. The number of amides is 1. The first kappa shape index (κ1) is 27.6. The highest BCUT2D eigenvalue weighted by Gasteiger charge is 2.17. The van der Waals surface area contributed by atoms with E-state index in [9.17, 15) is 4.79 Å². The maximum Gasteiger partial charge on any atom is 0.246 e. The number of benzene rings is 2. The van der Waals surface area contributed by atoms with Gasteiger partial charge in [-0.05, 0) is 36.4 Å². The highest BCUT2D eigenvalue weighted by molar-refractivity contribution is 7.13. The Bertz CT molecular complexity index is 1840. The first-order valence-corrected chi connectivity index (χ1v) is 13.9. The summed E-state index contributed by atoms with van der Waals surface area (Å²) in [6, 6.07) is 16.5. The molecule has 0 aliphatic rings. The maximum atomic E-state index is 12.7. The first-order chi connectivity index (χ1) is 21.0. The minimum absolute atomic E-state index is 0.0267. The van der Waals surface area contributed by atoms with Crippen molar-refractivity contribution >= 4 is 22.9 Å². The van der Waals surface area contributed by atoms with Gasteiger partial charge in [-0.2, -0.15) is 0 Å². The molecule has 43 heavy (non-hydrogen) atoms. The summed E-state index contributed by atoms with van der Waals surface area (Å²) < 4.78 is 23.2. The van der Waals surface area contributed by atoms with Crippen molar-refractivity contribution in [3.63, 3.8) is 0 Å². The van der Waals surface area contributed by atoms with Gasteiger partial charge in [-0.15, -0.1) is 16.4 Å². The number of hydrogen-bond acceptors (Lipinski definition) is 11. The van der Waals surface area contributed by atoms with Gasteiger partial charge in [0.05, 0.1) is 33.2 Å². The van der Waals surface area contributed by atoms with Crippen LogP contribution in [0.1, 0.15) is 0 Å². The number of thiazole rings is 1. The van der Waals surface area contributed by atoms with E-state index in [1.807, 2.05) is 35.7 Å². The number of pyridine rings is 1. The van der Waals surface area contributed by atoms with Crippen molar-refractivity contribution in [1.82, 2.24) is 30.1 Å². The molecule has 0 saturated heterocycles. The lowest BCUT2D eigenvalue weighted by molar-refractivity contribution is -0.116. The molecule has 4 aromatic heterocycles. The van der Waals surface area contributed by atoms with Gasteiger partial charge in [-0.3, -0.25) is 9.78 Å². The van der Waals surface area contributed by atoms with E-state index in [0.29, 0.717) is 45.6 Å². The largest absolute Gasteiger partial charge is 0.493 e. The van der Waals surface area contributed by atoms with Crippen LogP contribution in [0.25, 0.3) is 44.5 Å². The molecule has 0 aliphatic carbocycles. The molecule has 216 valence electrons. The molecule has 0 bridgehead atoms. The van der Waals surface area contributed by atoms with Crippen LogP contribution in [0.5, 0.6) is 17.2 Å². The van der Waals surface area contributed by atoms with Gasteiger partial charge in [0, 0.05) is 46.2 Å². The van der Waals surface area contributed by atoms with Gasteiger partial charge < -0.3 is 24.1 Å². The molecule has 12 nitrogen and oxygen atoms in total. The molecule has 0 unspecified atom stereocenters. The Morgan fingerprint density at radius 1 is 0.884 bits per heavy atom. The zero-order valence-electron chi connectivity index (χ0n) is 23.3. The predicted octanol–water partition coefficient (Wildman–Crippen LogP) is 5.45. The van der Waals surface area contributed by atoms with Crippen LogP contribution in [-0.2, 0) is 11.3 Å². The standard InChI is InChI=1S/C30H25N7O5S/c1-39-25-12-20(13-26(40-2)29(25)41-3)23-15-37(36-34-23)16-28(38)32-21-6-4-18(5-7-21)22-14-27(42-35-22)30-33-24(17-43-30)19-8-10-31-11-9-19/h4-15,17H,16H2,1-3H3,(H,32,38). The van der Waals surface area contributed by atoms with Crippen LogP contribution in [-0.4, -0.2) is 57.4 Å². The topological polar surface area (TPSA) is 139 Å². The highest BCUT2D eigenvalue weighted by Crippen LogP contribution is 2.40.